The van der Waals surface area contributed by atoms with Crippen LogP contribution in [0.5, 0.6) is 0 Å². The smallest absolute Gasteiger partial charge is 0.242 e. The Morgan fingerprint density at radius 1 is 1.50 bits per heavy atom. The largest absolute Gasteiger partial charge is 0.338 e. The van der Waals surface area contributed by atoms with Gasteiger partial charge in [0, 0.05) is 13.2 Å². The van der Waals surface area contributed by atoms with Gasteiger partial charge in [-0.05, 0) is 44.9 Å². The van der Waals surface area contributed by atoms with Gasteiger partial charge in [-0.3, -0.25) is 9.78 Å². The molecule has 1 N–H and O–H groups in total. The van der Waals surface area contributed by atoms with Crippen LogP contribution in [0.25, 0.3) is 0 Å². The number of amides is 1. The molecule has 2 rings (SSSR count). The molecule has 1 atom stereocenters. The summed E-state index contributed by atoms with van der Waals surface area (Å²) in [6.45, 7) is 3.50. The molecule has 18 heavy (non-hydrogen) atoms. The van der Waals surface area contributed by atoms with Crippen LogP contribution < -0.4 is 5.32 Å². The van der Waals surface area contributed by atoms with Crippen molar-refractivity contribution in [3.8, 4) is 0 Å². The average Bonchev–Trinajstić information content (AvgIpc) is 2.40. The molecule has 1 aromatic heterocycles. The number of hydrogen-bond donors (Lipinski definition) is 1. The minimum Gasteiger partial charge on any atom is -0.338 e. The molecule has 4 heteroatoms. The lowest BCUT2D eigenvalue weighted by Crippen LogP contribution is -2.57. The van der Waals surface area contributed by atoms with Crippen LogP contribution in [0.4, 0.5) is 0 Å². The lowest BCUT2D eigenvalue weighted by molar-refractivity contribution is -0.138. The van der Waals surface area contributed by atoms with E-state index in [1.807, 2.05) is 32.2 Å². The summed E-state index contributed by atoms with van der Waals surface area (Å²) in [5.41, 5.74) is 0.523. The Kier molecular flexibility index (Phi) is 3.97. The lowest BCUT2D eigenvalue weighted by atomic mass is 9.89. The number of piperidine rings is 1. The minimum atomic E-state index is -0.401. The van der Waals surface area contributed by atoms with Crippen LogP contribution in [0.2, 0.25) is 0 Å². The summed E-state index contributed by atoms with van der Waals surface area (Å²) in [4.78, 5) is 18.5. The van der Waals surface area contributed by atoms with E-state index in [0.29, 0.717) is 6.54 Å². The minimum absolute atomic E-state index is 0.160. The van der Waals surface area contributed by atoms with Crippen molar-refractivity contribution in [1.82, 2.24) is 15.2 Å². The van der Waals surface area contributed by atoms with Crippen LogP contribution in [0.15, 0.2) is 24.4 Å². The topological polar surface area (TPSA) is 45.2 Å². The first-order valence-electron chi connectivity index (χ1n) is 6.52. The quantitative estimate of drug-likeness (QED) is 0.882. The van der Waals surface area contributed by atoms with Gasteiger partial charge >= 0.3 is 0 Å². The molecule has 0 spiro atoms. The summed E-state index contributed by atoms with van der Waals surface area (Å²) in [5.74, 6) is 0.160. The van der Waals surface area contributed by atoms with Gasteiger partial charge in [0.1, 0.15) is 0 Å². The first-order valence-corrected chi connectivity index (χ1v) is 6.52. The molecule has 0 saturated carbocycles. The van der Waals surface area contributed by atoms with Crippen molar-refractivity contribution in [2.75, 3.05) is 13.6 Å². The molecular formula is C14H21N3O. The Morgan fingerprint density at radius 2 is 2.33 bits per heavy atom. The van der Waals surface area contributed by atoms with E-state index in [0.717, 1.165) is 31.5 Å². The van der Waals surface area contributed by atoms with E-state index >= 15 is 0 Å². The van der Waals surface area contributed by atoms with E-state index in [2.05, 4.69) is 10.3 Å². The number of aromatic nitrogens is 1. The van der Waals surface area contributed by atoms with Crippen LogP contribution in [0.1, 0.15) is 31.9 Å². The molecule has 0 aromatic carbocycles. The van der Waals surface area contributed by atoms with Crippen LogP contribution in [0.3, 0.4) is 0 Å². The summed E-state index contributed by atoms with van der Waals surface area (Å²) >= 11 is 0. The van der Waals surface area contributed by atoms with Gasteiger partial charge in [0.05, 0.1) is 17.8 Å². The van der Waals surface area contributed by atoms with E-state index in [1.165, 1.54) is 0 Å². The lowest BCUT2D eigenvalue weighted by Gasteiger charge is -2.36. The van der Waals surface area contributed by atoms with E-state index in [4.69, 9.17) is 0 Å². The first kappa shape index (κ1) is 13.0. The van der Waals surface area contributed by atoms with Gasteiger partial charge in [0.2, 0.25) is 5.91 Å². The number of rotatable bonds is 3. The normalized spacial score (nSPS) is 23.7. The second-order valence-electron chi connectivity index (χ2n) is 5.20. The zero-order chi connectivity index (χ0) is 13.0. The highest BCUT2D eigenvalue weighted by Gasteiger charge is 2.36. The fourth-order valence-electron chi connectivity index (χ4n) is 2.47. The van der Waals surface area contributed by atoms with E-state index < -0.39 is 5.54 Å². The summed E-state index contributed by atoms with van der Waals surface area (Å²) in [5, 5.41) is 3.35. The monoisotopic (exact) mass is 247 g/mol. The van der Waals surface area contributed by atoms with Crippen molar-refractivity contribution in [2.24, 2.45) is 0 Å². The Balaban J connectivity index is 2.00. The Morgan fingerprint density at radius 3 is 2.94 bits per heavy atom. The Labute approximate surface area is 108 Å². The third-order valence-electron chi connectivity index (χ3n) is 3.56. The van der Waals surface area contributed by atoms with Gasteiger partial charge in [-0.2, -0.15) is 0 Å². The molecule has 0 bridgehead atoms. The molecule has 1 aliphatic heterocycles. The fraction of sp³-hybridized carbons (Fsp3) is 0.571. The van der Waals surface area contributed by atoms with E-state index in [9.17, 15) is 4.79 Å². The van der Waals surface area contributed by atoms with Crippen molar-refractivity contribution >= 4 is 5.91 Å². The Bertz CT molecular complexity index is 399. The summed E-state index contributed by atoms with van der Waals surface area (Å²) in [6.07, 6.45) is 4.95. The Hall–Kier alpha value is -1.42. The summed E-state index contributed by atoms with van der Waals surface area (Å²) in [7, 11) is 1.85. The number of carbonyl (C=O) groups is 1. The molecule has 0 aliphatic carbocycles. The molecule has 1 aliphatic rings. The highest BCUT2D eigenvalue weighted by atomic mass is 16.2. The third kappa shape index (κ3) is 2.88. The molecule has 1 unspecified atom stereocenters. The van der Waals surface area contributed by atoms with Crippen LogP contribution >= 0.6 is 0 Å². The average molecular weight is 247 g/mol. The second kappa shape index (κ2) is 5.48. The van der Waals surface area contributed by atoms with Gasteiger partial charge in [0.15, 0.2) is 0 Å². The van der Waals surface area contributed by atoms with Gasteiger partial charge in [0.25, 0.3) is 0 Å². The molecule has 1 saturated heterocycles. The highest BCUT2D eigenvalue weighted by Crippen LogP contribution is 2.21. The molecule has 4 nitrogen and oxygen atoms in total. The van der Waals surface area contributed by atoms with Crippen molar-refractivity contribution in [3.05, 3.63) is 30.1 Å². The van der Waals surface area contributed by atoms with Gasteiger partial charge in [-0.15, -0.1) is 0 Å². The van der Waals surface area contributed by atoms with Gasteiger partial charge < -0.3 is 10.2 Å². The fourth-order valence-corrected chi connectivity index (χ4v) is 2.47. The number of hydrogen-bond acceptors (Lipinski definition) is 3. The van der Waals surface area contributed by atoms with Crippen LogP contribution in [-0.4, -0.2) is 34.9 Å². The number of likely N-dealkylation sites (N-methyl/N-ethyl adjacent to an activating group) is 1. The van der Waals surface area contributed by atoms with Gasteiger partial charge in [-0.25, -0.2) is 0 Å². The molecular weight excluding hydrogens is 226 g/mol. The summed E-state index contributed by atoms with van der Waals surface area (Å²) in [6, 6.07) is 5.77. The predicted molar refractivity (Wildman–Crippen MR) is 71.0 cm³/mol. The predicted octanol–water partition coefficient (Wildman–Crippen LogP) is 1.57. The molecule has 1 aromatic rings. The van der Waals surface area contributed by atoms with Gasteiger partial charge in [-0.1, -0.05) is 6.07 Å². The summed E-state index contributed by atoms with van der Waals surface area (Å²) < 4.78 is 0. The van der Waals surface area contributed by atoms with E-state index in [-0.39, 0.29) is 5.91 Å². The number of nitrogens with one attached hydrogen (secondary N) is 1. The second-order valence-corrected chi connectivity index (χ2v) is 5.20. The molecule has 1 amide bonds. The van der Waals surface area contributed by atoms with Crippen molar-refractivity contribution < 1.29 is 4.79 Å². The molecule has 98 valence electrons. The third-order valence-corrected chi connectivity index (χ3v) is 3.56. The maximum absolute atomic E-state index is 12.5. The first-order chi connectivity index (χ1) is 8.62. The number of pyridine rings is 1. The SMILES string of the molecule is CN(Cc1ccccn1)C(=O)C1(C)CCCCN1. The number of nitrogens with zero attached hydrogens (tertiary/aromatic N) is 2. The van der Waals surface area contributed by atoms with Crippen molar-refractivity contribution in [2.45, 2.75) is 38.3 Å². The highest BCUT2D eigenvalue weighted by molar-refractivity contribution is 5.85. The van der Waals surface area contributed by atoms with E-state index in [1.54, 1.807) is 11.1 Å². The standard InChI is InChI=1S/C14H21N3O/c1-14(8-4-6-10-16-14)13(18)17(2)11-12-7-3-5-9-15-12/h3,5,7,9,16H,4,6,8,10-11H2,1-2H3. The van der Waals surface area contributed by atoms with Crippen molar-refractivity contribution in [1.29, 1.82) is 0 Å². The zero-order valence-corrected chi connectivity index (χ0v) is 11.1. The molecule has 2 heterocycles. The maximum atomic E-state index is 12.5. The maximum Gasteiger partial charge on any atom is 0.242 e. The van der Waals surface area contributed by atoms with Crippen LogP contribution in [-0.2, 0) is 11.3 Å². The van der Waals surface area contributed by atoms with Crippen molar-refractivity contribution in [3.63, 3.8) is 0 Å². The van der Waals surface area contributed by atoms with Crippen LogP contribution in [0, 0.1) is 0 Å². The number of carbonyl (C=O) groups excluding carboxylic acids is 1. The molecule has 0 radical (unpaired) electrons. The molecule has 1 fully saturated rings. The zero-order valence-electron chi connectivity index (χ0n) is 11.1.